The summed E-state index contributed by atoms with van der Waals surface area (Å²) >= 11 is 0. The molecule has 4 nitrogen and oxygen atoms in total. The van der Waals surface area contributed by atoms with E-state index < -0.39 is 18.1 Å². The minimum Gasteiger partial charge on any atom is -0.480 e. The fourth-order valence-electron chi connectivity index (χ4n) is 0.484. The van der Waals surface area contributed by atoms with Crippen LogP contribution in [-0.2, 0) is 4.79 Å². The largest absolute Gasteiger partial charge is 0.480 e. The van der Waals surface area contributed by atoms with Crippen LogP contribution < -0.4 is 5.32 Å². The summed E-state index contributed by atoms with van der Waals surface area (Å²) < 4.78 is 0. The molecule has 0 saturated heterocycles. The summed E-state index contributed by atoms with van der Waals surface area (Å²) in [6, 6.07) is 0.807. The third-order valence-electron chi connectivity index (χ3n) is 1.06. The van der Waals surface area contributed by atoms with Gasteiger partial charge in [-0.05, 0) is 13.8 Å². The maximum absolute atomic E-state index is 10.2. The molecule has 0 amide bonds. The SMILES string of the molecule is CC(C#N)N[C@@H](C)C(=O)O. The first kappa shape index (κ1) is 8.92. The Balaban J connectivity index is 3.70. The molecule has 0 aromatic carbocycles. The van der Waals surface area contributed by atoms with Crippen LogP contribution in [0.1, 0.15) is 13.8 Å². The molecular formula is C6H10N2O2. The molecular weight excluding hydrogens is 132 g/mol. The first-order valence-corrected chi connectivity index (χ1v) is 2.96. The van der Waals surface area contributed by atoms with Crippen molar-refractivity contribution in [2.75, 3.05) is 0 Å². The van der Waals surface area contributed by atoms with Crippen molar-refractivity contribution in [2.24, 2.45) is 0 Å². The summed E-state index contributed by atoms with van der Waals surface area (Å²) in [5.41, 5.74) is 0. The van der Waals surface area contributed by atoms with Crippen molar-refractivity contribution in [1.29, 1.82) is 5.26 Å². The fraction of sp³-hybridized carbons (Fsp3) is 0.667. The molecule has 2 atom stereocenters. The Labute approximate surface area is 59.5 Å². The van der Waals surface area contributed by atoms with Crippen LogP contribution in [0.4, 0.5) is 0 Å². The lowest BCUT2D eigenvalue weighted by atomic mass is 10.3. The van der Waals surface area contributed by atoms with Gasteiger partial charge in [-0.3, -0.25) is 10.1 Å². The topological polar surface area (TPSA) is 73.1 Å². The second-order valence-corrected chi connectivity index (χ2v) is 2.08. The van der Waals surface area contributed by atoms with Gasteiger partial charge in [0.15, 0.2) is 0 Å². The van der Waals surface area contributed by atoms with Crippen LogP contribution >= 0.6 is 0 Å². The number of carbonyl (C=O) groups is 1. The lowest BCUT2D eigenvalue weighted by Gasteiger charge is -2.09. The second kappa shape index (κ2) is 3.85. The normalized spacial score (nSPS) is 15.3. The molecule has 0 spiro atoms. The van der Waals surface area contributed by atoms with E-state index in [-0.39, 0.29) is 0 Å². The maximum Gasteiger partial charge on any atom is 0.320 e. The van der Waals surface area contributed by atoms with Gasteiger partial charge in [-0.25, -0.2) is 0 Å². The Hall–Kier alpha value is -1.08. The average molecular weight is 142 g/mol. The molecule has 0 heterocycles. The Kier molecular flexibility index (Phi) is 3.44. The number of carboxylic acids is 1. The first-order chi connectivity index (χ1) is 4.57. The minimum absolute atomic E-state index is 0.411. The Morgan fingerprint density at radius 3 is 2.50 bits per heavy atom. The second-order valence-electron chi connectivity index (χ2n) is 2.08. The Morgan fingerprint density at radius 2 is 2.20 bits per heavy atom. The molecule has 0 aromatic heterocycles. The number of aliphatic carboxylic acids is 1. The van der Waals surface area contributed by atoms with Crippen molar-refractivity contribution in [1.82, 2.24) is 5.32 Å². The zero-order chi connectivity index (χ0) is 8.15. The van der Waals surface area contributed by atoms with Crippen molar-refractivity contribution in [2.45, 2.75) is 25.9 Å². The highest BCUT2D eigenvalue weighted by molar-refractivity contribution is 5.72. The van der Waals surface area contributed by atoms with Gasteiger partial charge in [0.1, 0.15) is 6.04 Å². The third-order valence-corrected chi connectivity index (χ3v) is 1.06. The van der Waals surface area contributed by atoms with Gasteiger partial charge in [-0.2, -0.15) is 5.26 Å². The van der Waals surface area contributed by atoms with Crippen molar-refractivity contribution < 1.29 is 9.90 Å². The summed E-state index contributed by atoms with van der Waals surface area (Å²) in [6.45, 7) is 3.11. The van der Waals surface area contributed by atoms with Gasteiger partial charge in [0, 0.05) is 0 Å². The van der Waals surface area contributed by atoms with Gasteiger partial charge in [0.25, 0.3) is 0 Å². The molecule has 56 valence electrons. The number of nitriles is 1. The van der Waals surface area contributed by atoms with Crippen molar-refractivity contribution in [3.8, 4) is 6.07 Å². The predicted molar refractivity (Wildman–Crippen MR) is 35.3 cm³/mol. The molecule has 0 aromatic rings. The standard InChI is InChI=1S/C6H10N2O2/c1-4(3-7)8-5(2)6(9)10/h4-5,8H,1-2H3,(H,9,10)/t4?,5-/m0/s1. The highest BCUT2D eigenvalue weighted by Crippen LogP contribution is 1.84. The molecule has 0 saturated carbocycles. The van der Waals surface area contributed by atoms with E-state index in [1.807, 2.05) is 6.07 Å². The summed E-state index contributed by atoms with van der Waals surface area (Å²) in [6.07, 6.45) is 0. The number of rotatable bonds is 3. The molecule has 0 aliphatic rings. The predicted octanol–water partition coefficient (Wildman–Crippen LogP) is -0.0388. The third kappa shape index (κ3) is 3.05. The fourth-order valence-corrected chi connectivity index (χ4v) is 0.484. The minimum atomic E-state index is -0.942. The zero-order valence-electron chi connectivity index (χ0n) is 5.96. The summed E-state index contributed by atoms with van der Waals surface area (Å²) in [4.78, 5) is 10.2. The maximum atomic E-state index is 10.2. The molecule has 0 rings (SSSR count). The lowest BCUT2D eigenvalue weighted by Crippen LogP contribution is -2.38. The monoisotopic (exact) mass is 142 g/mol. The first-order valence-electron chi connectivity index (χ1n) is 2.96. The van der Waals surface area contributed by atoms with Crippen molar-refractivity contribution in [3.63, 3.8) is 0 Å². The highest BCUT2D eigenvalue weighted by atomic mass is 16.4. The Morgan fingerprint density at radius 1 is 1.70 bits per heavy atom. The number of hydrogen-bond acceptors (Lipinski definition) is 3. The van der Waals surface area contributed by atoms with Crippen molar-refractivity contribution in [3.05, 3.63) is 0 Å². The molecule has 4 heteroatoms. The number of nitrogens with zero attached hydrogens (tertiary/aromatic N) is 1. The molecule has 0 aliphatic heterocycles. The van der Waals surface area contributed by atoms with E-state index in [0.717, 1.165) is 0 Å². The number of carboxylic acid groups (broad SMARTS) is 1. The van der Waals surface area contributed by atoms with Crippen molar-refractivity contribution >= 4 is 5.97 Å². The molecule has 0 bridgehead atoms. The van der Waals surface area contributed by atoms with Gasteiger partial charge in [-0.15, -0.1) is 0 Å². The van der Waals surface area contributed by atoms with Crippen LogP contribution in [0.2, 0.25) is 0 Å². The smallest absolute Gasteiger partial charge is 0.320 e. The van der Waals surface area contributed by atoms with E-state index in [1.54, 1.807) is 6.92 Å². The molecule has 0 aliphatic carbocycles. The number of hydrogen-bond donors (Lipinski definition) is 2. The van der Waals surface area contributed by atoms with Crippen LogP contribution in [0.25, 0.3) is 0 Å². The number of nitrogens with one attached hydrogen (secondary N) is 1. The Bertz CT molecular complexity index is 162. The molecule has 1 unspecified atom stereocenters. The molecule has 10 heavy (non-hydrogen) atoms. The molecule has 0 fully saturated rings. The zero-order valence-corrected chi connectivity index (χ0v) is 5.96. The van der Waals surface area contributed by atoms with Gasteiger partial charge < -0.3 is 5.11 Å². The lowest BCUT2D eigenvalue weighted by molar-refractivity contribution is -0.139. The van der Waals surface area contributed by atoms with E-state index in [1.165, 1.54) is 6.92 Å². The van der Waals surface area contributed by atoms with E-state index in [0.29, 0.717) is 0 Å². The average Bonchev–Trinajstić information content (AvgIpc) is 1.87. The summed E-state index contributed by atoms with van der Waals surface area (Å²) in [7, 11) is 0. The van der Waals surface area contributed by atoms with Gasteiger partial charge in [0.05, 0.1) is 12.1 Å². The van der Waals surface area contributed by atoms with E-state index in [9.17, 15) is 4.79 Å². The quantitative estimate of drug-likeness (QED) is 0.580. The molecule has 2 N–H and O–H groups in total. The van der Waals surface area contributed by atoms with Crippen LogP contribution in [0, 0.1) is 11.3 Å². The van der Waals surface area contributed by atoms with E-state index in [4.69, 9.17) is 10.4 Å². The van der Waals surface area contributed by atoms with Gasteiger partial charge in [-0.1, -0.05) is 0 Å². The van der Waals surface area contributed by atoms with Gasteiger partial charge >= 0.3 is 5.97 Å². The van der Waals surface area contributed by atoms with Crippen LogP contribution in [-0.4, -0.2) is 23.2 Å². The van der Waals surface area contributed by atoms with Crippen LogP contribution in [0.15, 0.2) is 0 Å². The van der Waals surface area contributed by atoms with Gasteiger partial charge in [0.2, 0.25) is 0 Å². The van der Waals surface area contributed by atoms with E-state index >= 15 is 0 Å². The summed E-state index contributed by atoms with van der Waals surface area (Å²) in [5.74, 6) is -0.942. The van der Waals surface area contributed by atoms with Crippen LogP contribution in [0.3, 0.4) is 0 Å². The summed E-state index contributed by atoms with van der Waals surface area (Å²) in [5, 5.41) is 19.2. The highest BCUT2D eigenvalue weighted by Gasteiger charge is 2.12. The molecule has 0 radical (unpaired) electrons. The van der Waals surface area contributed by atoms with E-state index in [2.05, 4.69) is 5.32 Å². The van der Waals surface area contributed by atoms with Crippen LogP contribution in [0.5, 0.6) is 0 Å².